The van der Waals surface area contributed by atoms with Crippen LogP contribution in [0.4, 0.5) is 0 Å². The largest absolute Gasteiger partial charge is 0.330 e. The third kappa shape index (κ3) is 2.71. The summed E-state index contributed by atoms with van der Waals surface area (Å²) in [6.07, 6.45) is 2.45. The van der Waals surface area contributed by atoms with Gasteiger partial charge in [0.25, 0.3) is 0 Å². The van der Waals surface area contributed by atoms with Crippen LogP contribution in [0, 0.1) is 13.8 Å². The van der Waals surface area contributed by atoms with E-state index in [2.05, 4.69) is 44.8 Å². The van der Waals surface area contributed by atoms with Gasteiger partial charge >= 0.3 is 0 Å². The van der Waals surface area contributed by atoms with E-state index in [-0.39, 0.29) is 0 Å². The number of imidazole rings is 1. The van der Waals surface area contributed by atoms with Crippen LogP contribution in [0.25, 0.3) is 11.0 Å². The second kappa shape index (κ2) is 6.02. The average molecular weight is 324 g/mol. The van der Waals surface area contributed by atoms with Crippen LogP contribution in [0.1, 0.15) is 30.3 Å². The molecule has 6 heteroatoms. The highest BCUT2D eigenvalue weighted by Crippen LogP contribution is 2.23. The first-order valence-corrected chi connectivity index (χ1v) is 8.64. The van der Waals surface area contributed by atoms with Gasteiger partial charge in [-0.2, -0.15) is 5.10 Å². The first kappa shape index (κ1) is 15.3. The number of para-hydroxylation sites is 2. The topological polar surface area (TPSA) is 51.8 Å². The third-order valence-electron chi connectivity index (χ3n) is 5.07. The van der Waals surface area contributed by atoms with Crippen LogP contribution in [-0.4, -0.2) is 41.8 Å². The summed E-state index contributed by atoms with van der Waals surface area (Å²) in [6, 6.07) is 8.84. The van der Waals surface area contributed by atoms with Crippen LogP contribution in [0.3, 0.4) is 0 Å². The Bertz CT molecular complexity index is 862. The summed E-state index contributed by atoms with van der Waals surface area (Å²) in [5.74, 6) is 2.99. The minimum Gasteiger partial charge on any atom is -0.330 e. The fourth-order valence-electron chi connectivity index (χ4n) is 3.76. The number of aromatic nitrogens is 5. The van der Waals surface area contributed by atoms with E-state index in [1.807, 2.05) is 24.6 Å². The van der Waals surface area contributed by atoms with Gasteiger partial charge in [-0.1, -0.05) is 12.1 Å². The number of rotatable bonds is 4. The van der Waals surface area contributed by atoms with Crippen molar-refractivity contribution in [2.24, 2.45) is 7.05 Å². The maximum absolute atomic E-state index is 4.83. The summed E-state index contributed by atoms with van der Waals surface area (Å²) < 4.78 is 4.27. The predicted molar refractivity (Wildman–Crippen MR) is 93.6 cm³/mol. The van der Waals surface area contributed by atoms with E-state index in [4.69, 9.17) is 4.98 Å². The first-order valence-electron chi connectivity index (χ1n) is 8.64. The van der Waals surface area contributed by atoms with Crippen LogP contribution >= 0.6 is 0 Å². The zero-order chi connectivity index (χ0) is 16.7. The van der Waals surface area contributed by atoms with E-state index >= 15 is 0 Å². The summed E-state index contributed by atoms with van der Waals surface area (Å²) in [5.41, 5.74) is 2.28. The Hall–Kier alpha value is -2.21. The molecule has 24 heavy (non-hydrogen) atoms. The Morgan fingerprint density at radius 2 is 2.00 bits per heavy atom. The van der Waals surface area contributed by atoms with Crippen molar-refractivity contribution in [2.45, 2.75) is 45.8 Å². The van der Waals surface area contributed by atoms with Crippen molar-refractivity contribution in [3.05, 3.63) is 41.7 Å². The van der Waals surface area contributed by atoms with Crippen LogP contribution in [-0.2, 0) is 20.1 Å². The number of benzene rings is 1. The first-order chi connectivity index (χ1) is 11.6. The zero-order valence-corrected chi connectivity index (χ0v) is 14.6. The molecule has 0 spiro atoms. The monoisotopic (exact) mass is 324 g/mol. The molecule has 0 bridgehead atoms. The SMILES string of the molecule is Cc1nc(C)n(CC2CCCN2Cc2nc3ccccc3n2C)n1. The normalized spacial score (nSPS) is 18.7. The highest BCUT2D eigenvalue weighted by Gasteiger charge is 2.27. The molecule has 0 amide bonds. The molecule has 1 aliphatic heterocycles. The average Bonchev–Trinajstić information content (AvgIpc) is 3.21. The molecule has 4 rings (SSSR count). The van der Waals surface area contributed by atoms with Gasteiger partial charge in [0, 0.05) is 13.1 Å². The molecule has 1 unspecified atom stereocenters. The molecule has 126 valence electrons. The van der Waals surface area contributed by atoms with Gasteiger partial charge in [-0.05, 0) is 45.4 Å². The van der Waals surface area contributed by atoms with Gasteiger partial charge in [0.1, 0.15) is 17.5 Å². The van der Waals surface area contributed by atoms with Crippen LogP contribution < -0.4 is 0 Å². The van der Waals surface area contributed by atoms with E-state index in [1.165, 1.54) is 18.4 Å². The number of nitrogens with zero attached hydrogens (tertiary/aromatic N) is 6. The fourth-order valence-corrected chi connectivity index (χ4v) is 3.76. The maximum atomic E-state index is 4.83. The lowest BCUT2D eigenvalue weighted by Crippen LogP contribution is -2.34. The van der Waals surface area contributed by atoms with Crippen LogP contribution in [0.2, 0.25) is 0 Å². The highest BCUT2D eigenvalue weighted by molar-refractivity contribution is 5.75. The lowest BCUT2D eigenvalue weighted by Gasteiger charge is -2.24. The number of aryl methyl sites for hydroxylation is 3. The van der Waals surface area contributed by atoms with Gasteiger partial charge < -0.3 is 4.57 Å². The fraction of sp³-hybridized carbons (Fsp3) is 0.500. The van der Waals surface area contributed by atoms with Gasteiger partial charge in [-0.15, -0.1) is 0 Å². The Labute approximate surface area is 142 Å². The molecule has 3 aromatic rings. The lowest BCUT2D eigenvalue weighted by atomic mass is 10.2. The van der Waals surface area contributed by atoms with Crippen molar-refractivity contribution in [2.75, 3.05) is 6.54 Å². The van der Waals surface area contributed by atoms with E-state index in [0.717, 1.165) is 42.6 Å². The lowest BCUT2D eigenvalue weighted by molar-refractivity contribution is 0.211. The maximum Gasteiger partial charge on any atom is 0.147 e. The standard InChI is InChI=1S/C18H24N6/c1-13-19-14(2)24(21-13)11-15-7-6-10-23(15)12-18-20-16-8-4-5-9-17(16)22(18)3/h4-5,8-9,15H,6-7,10-12H2,1-3H3. The molecule has 3 heterocycles. The van der Waals surface area contributed by atoms with Crippen LogP contribution in [0.5, 0.6) is 0 Å². The summed E-state index contributed by atoms with van der Waals surface area (Å²) >= 11 is 0. The molecule has 6 nitrogen and oxygen atoms in total. The van der Waals surface area contributed by atoms with Crippen molar-refractivity contribution in [3.63, 3.8) is 0 Å². The molecule has 1 atom stereocenters. The van der Waals surface area contributed by atoms with E-state index in [0.29, 0.717) is 6.04 Å². The number of hydrogen-bond donors (Lipinski definition) is 0. The zero-order valence-electron chi connectivity index (χ0n) is 14.6. The minimum absolute atomic E-state index is 0.504. The van der Waals surface area contributed by atoms with Gasteiger partial charge in [0.2, 0.25) is 0 Å². The van der Waals surface area contributed by atoms with Crippen molar-refractivity contribution in [1.29, 1.82) is 0 Å². The second-order valence-corrected chi connectivity index (χ2v) is 6.73. The van der Waals surface area contributed by atoms with Gasteiger partial charge in [0.15, 0.2) is 0 Å². The second-order valence-electron chi connectivity index (χ2n) is 6.73. The molecule has 1 fully saturated rings. The van der Waals surface area contributed by atoms with Gasteiger partial charge in [-0.25, -0.2) is 14.6 Å². The molecule has 0 saturated carbocycles. The van der Waals surface area contributed by atoms with Crippen molar-refractivity contribution >= 4 is 11.0 Å². The summed E-state index contributed by atoms with van der Waals surface area (Å²) in [6.45, 7) is 6.92. The van der Waals surface area contributed by atoms with Gasteiger partial charge in [-0.3, -0.25) is 4.90 Å². The van der Waals surface area contributed by atoms with Crippen molar-refractivity contribution in [1.82, 2.24) is 29.2 Å². The van der Waals surface area contributed by atoms with E-state index in [1.54, 1.807) is 0 Å². The molecule has 0 aliphatic carbocycles. The predicted octanol–water partition coefficient (Wildman–Crippen LogP) is 2.45. The number of fused-ring (bicyclic) bond motifs is 1. The number of hydrogen-bond acceptors (Lipinski definition) is 4. The highest BCUT2D eigenvalue weighted by atomic mass is 15.4. The van der Waals surface area contributed by atoms with E-state index in [9.17, 15) is 0 Å². The number of likely N-dealkylation sites (tertiary alicyclic amines) is 1. The Morgan fingerprint density at radius 3 is 2.75 bits per heavy atom. The Morgan fingerprint density at radius 1 is 1.17 bits per heavy atom. The molecule has 1 saturated heterocycles. The van der Waals surface area contributed by atoms with Crippen molar-refractivity contribution in [3.8, 4) is 0 Å². The molecule has 1 aromatic carbocycles. The van der Waals surface area contributed by atoms with Crippen LogP contribution in [0.15, 0.2) is 24.3 Å². The summed E-state index contributed by atoms with van der Waals surface area (Å²) in [4.78, 5) is 11.8. The summed E-state index contributed by atoms with van der Waals surface area (Å²) in [5, 5.41) is 4.53. The molecular formula is C18H24N6. The smallest absolute Gasteiger partial charge is 0.147 e. The Balaban J connectivity index is 1.54. The molecule has 0 radical (unpaired) electrons. The molecular weight excluding hydrogens is 300 g/mol. The third-order valence-corrected chi connectivity index (χ3v) is 5.07. The molecule has 0 N–H and O–H groups in total. The van der Waals surface area contributed by atoms with E-state index < -0.39 is 0 Å². The summed E-state index contributed by atoms with van der Waals surface area (Å²) in [7, 11) is 2.11. The van der Waals surface area contributed by atoms with Gasteiger partial charge in [0.05, 0.1) is 24.1 Å². The molecule has 2 aromatic heterocycles. The Kier molecular flexibility index (Phi) is 3.84. The van der Waals surface area contributed by atoms with Crippen molar-refractivity contribution < 1.29 is 0 Å². The quantitative estimate of drug-likeness (QED) is 0.740. The minimum atomic E-state index is 0.504. The molecule has 1 aliphatic rings.